The van der Waals surface area contributed by atoms with Gasteiger partial charge in [-0.1, -0.05) is 12.2 Å². The lowest BCUT2D eigenvalue weighted by molar-refractivity contribution is -0.191. The Morgan fingerprint density at radius 2 is 1.24 bits per heavy atom. The van der Waals surface area contributed by atoms with Crippen LogP contribution in [-0.2, 0) is 14.3 Å². The van der Waals surface area contributed by atoms with Gasteiger partial charge >= 0.3 is 23.8 Å². The van der Waals surface area contributed by atoms with Crippen molar-refractivity contribution in [3.8, 4) is 0 Å². The predicted molar refractivity (Wildman–Crippen MR) is 50.6 cm³/mol. The van der Waals surface area contributed by atoms with E-state index in [1.807, 2.05) is 0 Å². The number of hydrogen-bond donors (Lipinski definition) is 0. The van der Waals surface area contributed by atoms with Crippen molar-refractivity contribution < 1.29 is 31.9 Å². The maximum Gasteiger partial charge on any atom is 0.385 e. The molecule has 0 atom stereocenters. The molecule has 3 nitrogen and oxygen atoms in total. The van der Waals surface area contributed by atoms with Crippen molar-refractivity contribution in [3.63, 3.8) is 0 Å². The van der Waals surface area contributed by atoms with Gasteiger partial charge in [0.2, 0.25) is 0 Å². The van der Waals surface area contributed by atoms with Gasteiger partial charge in [0.25, 0.3) is 0 Å². The largest absolute Gasteiger partial charge is 0.385 e. The van der Waals surface area contributed by atoms with Gasteiger partial charge in [-0.3, -0.25) is 0 Å². The molecule has 0 heterocycles. The standard InChI is InChI=1S/C10H10F4O3/c1-3-5-9(11,12)7(15)17-8(16)10(13,14)6-4-2/h3-4H,1-2,5-6H2. The number of carbonyl (C=O) groups is 2. The molecular formula is C10H10F4O3. The Hall–Kier alpha value is -1.66. The average Bonchev–Trinajstić information content (AvgIpc) is 2.17. The number of hydrogen-bond acceptors (Lipinski definition) is 3. The maximum atomic E-state index is 12.8. The summed E-state index contributed by atoms with van der Waals surface area (Å²) in [6.07, 6.45) is -0.806. The molecular weight excluding hydrogens is 244 g/mol. The fourth-order valence-corrected chi connectivity index (χ4v) is 0.763. The molecule has 0 aromatic heterocycles. The van der Waals surface area contributed by atoms with Crippen molar-refractivity contribution in [1.82, 2.24) is 0 Å². The zero-order valence-corrected chi connectivity index (χ0v) is 8.72. The Kier molecular flexibility index (Phi) is 5.06. The van der Waals surface area contributed by atoms with Gasteiger partial charge in [0.15, 0.2) is 0 Å². The minimum atomic E-state index is -4.05. The van der Waals surface area contributed by atoms with E-state index in [0.717, 1.165) is 0 Å². The van der Waals surface area contributed by atoms with Crippen molar-refractivity contribution in [2.24, 2.45) is 0 Å². The molecule has 0 N–H and O–H groups in total. The summed E-state index contributed by atoms with van der Waals surface area (Å²) in [5.41, 5.74) is 0. The van der Waals surface area contributed by atoms with Gasteiger partial charge in [0.1, 0.15) is 0 Å². The number of allylic oxidation sites excluding steroid dienone is 2. The first-order chi connectivity index (χ1) is 7.67. The molecule has 0 spiro atoms. The van der Waals surface area contributed by atoms with Gasteiger partial charge in [-0.2, -0.15) is 17.6 Å². The summed E-state index contributed by atoms with van der Waals surface area (Å²) in [7, 11) is 0. The summed E-state index contributed by atoms with van der Waals surface area (Å²) in [6, 6.07) is 0. The number of rotatable bonds is 6. The highest BCUT2D eigenvalue weighted by atomic mass is 19.3. The highest BCUT2D eigenvalue weighted by Gasteiger charge is 2.46. The first kappa shape index (κ1) is 15.3. The van der Waals surface area contributed by atoms with Crippen molar-refractivity contribution in [2.75, 3.05) is 0 Å². The van der Waals surface area contributed by atoms with Crippen LogP contribution < -0.4 is 0 Å². The van der Waals surface area contributed by atoms with Crippen LogP contribution in [0.3, 0.4) is 0 Å². The van der Waals surface area contributed by atoms with Crippen LogP contribution in [0.15, 0.2) is 25.3 Å². The van der Waals surface area contributed by atoms with E-state index in [1.54, 1.807) is 0 Å². The van der Waals surface area contributed by atoms with Crippen LogP contribution >= 0.6 is 0 Å². The van der Waals surface area contributed by atoms with Crippen LogP contribution in [0.1, 0.15) is 12.8 Å². The smallest absolute Gasteiger partial charge is 0.384 e. The van der Waals surface area contributed by atoms with E-state index in [1.165, 1.54) is 0 Å². The van der Waals surface area contributed by atoms with Gasteiger partial charge in [0.05, 0.1) is 0 Å². The molecule has 0 aromatic carbocycles. The second-order valence-electron chi connectivity index (χ2n) is 3.07. The molecule has 0 unspecified atom stereocenters. The van der Waals surface area contributed by atoms with Gasteiger partial charge in [0, 0.05) is 12.8 Å². The third-order valence-electron chi connectivity index (χ3n) is 1.58. The van der Waals surface area contributed by atoms with Gasteiger partial charge in [-0.15, -0.1) is 13.2 Å². The Bertz CT molecular complexity index is 304. The first-order valence-corrected chi connectivity index (χ1v) is 4.41. The highest BCUT2D eigenvalue weighted by Crippen LogP contribution is 2.25. The molecule has 0 amide bonds. The van der Waals surface area contributed by atoms with Crippen LogP contribution in [0, 0.1) is 0 Å². The normalized spacial score (nSPS) is 11.8. The molecule has 0 radical (unpaired) electrons. The number of ether oxygens (including phenoxy) is 1. The summed E-state index contributed by atoms with van der Waals surface area (Å²) in [5, 5.41) is 0. The molecule has 0 saturated carbocycles. The minimum absolute atomic E-state index is 0.702. The van der Waals surface area contributed by atoms with Crippen molar-refractivity contribution in [1.29, 1.82) is 0 Å². The molecule has 0 aliphatic carbocycles. The van der Waals surface area contributed by atoms with E-state index in [9.17, 15) is 27.2 Å². The molecule has 0 aliphatic heterocycles. The summed E-state index contributed by atoms with van der Waals surface area (Å²) in [5.74, 6) is -12.8. The Labute approximate surface area is 94.7 Å². The number of esters is 2. The van der Waals surface area contributed by atoms with Crippen LogP contribution in [0.2, 0.25) is 0 Å². The maximum absolute atomic E-state index is 12.8. The van der Waals surface area contributed by atoms with Gasteiger partial charge < -0.3 is 4.74 Å². The molecule has 0 bridgehead atoms. The number of carbonyl (C=O) groups excluding carboxylic acids is 2. The lowest BCUT2D eigenvalue weighted by Gasteiger charge is -2.15. The zero-order chi connectivity index (χ0) is 13.7. The Morgan fingerprint density at radius 3 is 1.47 bits per heavy atom. The molecule has 0 aliphatic rings. The van der Waals surface area contributed by atoms with E-state index in [-0.39, 0.29) is 0 Å². The Morgan fingerprint density at radius 1 is 0.941 bits per heavy atom. The molecule has 0 fully saturated rings. The fourth-order valence-electron chi connectivity index (χ4n) is 0.763. The van der Waals surface area contributed by atoms with Gasteiger partial charge in [-0.25, -0.2) is 9.59 Å². The summed E-state index contributed by atoms with van der Waals surface area (Å²) in [6.45, 7) is 5.90. The molecule has 0 aromatic rings. The number of alkyl halides is 4. The Balaban J connectivity index is 4.64. The van der Waals surface area contributed by atoms with Gasteiger partial charge in [-0.05, 0) is 0 Å². The SMILES string of the molecule is C=CCC(F)(F)C(=O)OC(=O)C(F)(F)CC=C. The lowest BCUT2D eigenvalue weighted by atomic mass is 10.2. The molecule has 96 valence electrons. The monoisotopic (exact) mass is 254 g/mol. The molecule has 0 saturated heterocycles. The quantitative estimate of drug-likeness (QED) is 0.316. The van der Waals surface area contributed by atoms with E-state index in [0.29, 0.717) is 12.2 Å². The zero-order valence-electron chi connectivity index (χ0n) is 8.72. The summed E-state index contributed by atoms with van der Waals surface area (Å²) < 4.78 is 54.6. The predicted octanol–water partition coefficient (Wildman–Crippen LogP) is 2.48. The van der Waals surface area contributed by atoms with E-state index >= 15 is 0 Å². The summed E-state index contributed by atoms with van der Waals surface area (Å²) >= 11 is 0. The second-order valence-corrected chi connectivity index (χ2v) is 3.07. The molecule has 17 heavy (non-hydrogen) atoms. The third kappa shape index (κ3) is 4.38. The second kappa shape index (κ2) is 5.60. The van der Waals surface area contributed by atoms with Crippen LogP contribution in [0.25, 0.3) is 0 Å². The fraction of sp³-hybridized carbons (Fsp3) is 0.400. The third-order valence-corrected chi connectivity index (χ3v) is 1.58. The van der Waals surface area contributed by atoms with Crippen LogP contribution in [0.4, 0.5) is 17.6 Å². The van der Waals surface area contributed by atoms with Crippen LogP contribution in [0.5, 0.6) is 0 Å². The molecule has 7 heteroatoms. The summed E-state index contributed by atoms with van der Waals surface area (Å²) in [4.78, 5) is 21.4. The van der Waals surface area contributed by atoms with E-state index in [4.69, 9.17) is 0 Å². The number of halogens is 4. The topological polar surface area (TPSA) is 43.4 Å². The van der Waals surface area contributed by atoms with Crippen LogP contribution in [-0.4, -0.2) is 23.8 Å². The molecule has 0 rings (SSSR count). The average molecular weight is 254 g/mol. The van der Waals surface area contributed by atoms with E-state index < -0.39 is 36.6 Å². The van der Waals surface area contributed by atoms with Crippen molar-refractivity contribution in [2.45, 2.75) is 24.7 Å². The van der Waals surface area contributed by atoms with E-state index in [2.05, 4.69) is 17.9 Å². The first-order valence-electron chi connectivity index (χ1n) is 4.41. The highest BCUT2D eigenvalue weighted by molar-refractivity contribution is 5.92. The lowest BCUT2D eigenvalue weighted by Crippen LogP contribution is -2.38. The van der Waals surface area contributed by atoms with Crippen molar-refractivity contribution in [3.05, 3.63) is 25.3 Å². The van der Waals surface area contributed by atoms with Crippen molar-refractivity contribution >= 4 is 11.9 Å². The minimum Gasteiger partial charge on any atom is -0.384 e.